The summed E-state index contributed by atoms with van der Waals surface area (Å²) in [6.45, 7) is 0. The number of aromatic nitrogens is 5. The maximum absolute atomic E-state index is 11.5. The van der Waals surface area contributed by atoms with E-state index < -0.39 is 6.09 Å². The predicted molar refractivity (Wildman–Crippen MR) is 113 cm³/mol. The number of hydrogen-bond acceptors (Lipinski definition) is 6. The van der Waals surface area contributed by atoms with E-state index in [1.54, 1.807) is 25.4 Å². The zero-order valence-electron chi connectivity index (χ0n) is 16.5. The van der Waals surface area contributed by atoms with E-state index in [2.05, 4.69) is 31.1 Å². The molecule has 0 aromatic carbocycles. The number of amides is 1. The molecule has 4 rings (SSSR count). The van der Waals surface area contributed by atoms with Gasteiger partial charge in [0.1, 0.15) is 16.5 Å². The first-order valence-electron chi connectivity index (χ1n) is 9.55. The van der Waals surface area contributed by atoms with Gasteiger partial charge in [0.15, 0.2) is 0 Å². The van der Waals surface area contributed by atoms with Gasteiger partial charge in [-0.15, -0.1) is 5.10 Å². The summed E-state index contributed by atoms with van der Waals surface area (Å²) in [5.41, 5.74) is 0.661. The number of fused-ring (bicyclic) bond motifs is 1. The van der Waals surface area contributed by atoms with Crippen molar-refractivity contribution in [1.29, 1.82) is 0 Å². The van der Waals surface area contributed by atoms with Gasteiger partial charge in [-0.3, -0.25) is 14.4 Å². The third-order valence-electron chi connectivity index (χ3n) is 5.38. The van der Waals surface area contributed by atoms with Gasteiger partial charge in [0.2, 0.25) is 5.88 Å². The van der Waals surface area contributed by atoms with Gasteiger partial charge in [-0.05, 0) is 41.6 Å². The van der Waals surface area contributed by atoms with Gasteiger partial charge in [0.25, 0.3) is 5.56 Å². The van der Waals surface area contributed by atoms with Crippen molar-refractivity contribution < 1.29 is 14.6 Å². The quantitative estimate of drug-likeness (QED) is 0.614. The fourth-order valence-corrected chi connectivity index (χ4v) is 4.14. The summed E-state index contributed by atoms with van der Waals surface area (Å²) in [7, 11) is 3.06. The van der Waals surface area contributed by atoms with E-state index in [1.165, 1.54) is 17.8 Å². The number of carbonyl (C=O) groups is 1. The van der Waals surface area contributed by atoms with Crippen LogP contribution in [0.5, 0.6) is 5.88 Å². The molecule has 1 fully saturated rings. The average Bonchev–Trinajstić information content (AvgIpc) is 3.06. The minimum atomic E-state index is -1.07. The summed E-state index contributed by atoms with van der Waals surface area (Å²) in [4.78, 5) is 28.0. The molecular weight excluding hydrogens is 456 g/mol. The van der Waals surface area contributed by atoms with E-state index in [9.17, 15) is 14.7 Å². The Morgan fingerprint density at radius 2 is 2.00 bits per heavy atom. The Morgan fingerprint density at radius 1 is 1.27 bits per heavy atom. The Labute approximate surface area is 180 Å². The Bertz CT molecular complexity index is 1150. The van der Waals surface area contributed by atoms with Crippen LogP contribution < -0.4 is 15.2 Å². The predicted octanol–water partition coefficient (Wildman–Crippen LogP) is 2.96. The van der Waals surface area contributed by atoms with E-state index in [1.807, 2.05) is 4.68 Å². The molecule has 1 N–H and O–H groups in total. The van der Waals surface area contributed by atoms with Crippen molar-refractivity contribution in [2.24, 2.45) is 7.05 Å². The van der Waals surface area contributed by atoms with Crippen LogP contribution in [0.1, 0.15) is 31.7 Å². The van der Waals surface area contributed by atoms with Gasteiger partial charge in [-0.25, -0.2) is 14.5 Å². The Hall–Kier alpha value is -2.95. The topological polar surface area (TPSA) is 115 Å². The van der Waals surface area contributed by atoms with Gasteiger partial charge in [-0.1, -0.05) is 0 Å². The Kier molecular flexibility index (Phi) is 5.46. The first-order chi connectivity index (χ1) is 14.3. The van der Waals surface area contributed by atoms with Crippen LogP contribution in [-0.4, -0.2) is 48.9 Å². The first kappa shape index (κ1) is 20.3. The third kappa shape index (κ3) is 3.89. The summed E-state index contributed by atoms with van der Waals surface area (Å²) >= 11 is 3.48. The molecule has 0 saturated heterocycles. The van der Waals surface area contributed by atoms with Crippen LogP contribution in [0.3, 0.4) is 0 Å². The number of rotatable bonds is 4. The van der Waals surface area contributed by atoms with Crippen LogP contribution in [-0.2, 0) is 7.05 Å². The van der Waals surface area contributed by atoms with Gasteiger partial charge in [0, 0.05) is 38.5 Å². The molecule has 3 heterocycles. The molecule has 3 aromatic rings. The highest BCUT2D eigenvalue weighted by atomic mass is 79.9. The fraction of sp³-hybridized carbons (Fsp3) is 0.421. The lowest BCUT2D eigenvalue weighted by Gasteiger charge is -2.29. The second-order valence-corrected chi connectivity index (χ2v) is 8.07. The molecule has 0 unspecified atom stereocenters. The first-order valence-corrected chi connectivity index (χ1v) is 10.3. The minimum absolute atomic E-state index is 0.0203. The van der Waals surface area contributed by atoms with Crippen molar-refractivity contribution >= 4 is 38.7 Å². The number of pyridine rings is 1. The highest BCUT2D eigenvalue weighted by Gasteiger charge is 2.27. The molecule has 1 saturated carbocycles. The molecule has 0 bridgehead atoms. The molecule has 0 aliphatic heterocycles. The smallest absolute Gasteiger partial charge is 0.412 e. The van der Waals surface area contributed by atoms with Gasteiger partial charge >= 0.3 is 6.09 Å². The van der Waals surface area contributed by atoms with Crippen LogP contribution in [0.4, 0.5) is 10.6 Å². The number of ether oxygens (including phenoxy) is 1. The standard InChI is InChI=1S/C19H21BrN6O4/c1-24(19(28)29)15-9-14-13(10-21-15)18(20)23-26(14)11-3-5-12(6-4-11)30-16-7-8-17(27)25(2)22-16/h7-12H,3-6H2,1-2H3,(H,28,29)/t11-,12+. The lowest BCUT2D eigenvalue weighted by atomic mass is 9.93. The SMILES string of the molecule is CN(C(=O)O)c1cc2c(cn1)c(Br)nn2[C@H]1CC[C@@H](Oc2ccc(=O)n(C)n2)CC1. The van der Waals surface area contributed by atoms with Crippen molar-refractivity contribution in [1.82, 2.24) is 24.5 Å². The van der Waals surface area contributed by atoms with E-state index in [4.69, 9.17) is 4.74 Å². The normalized spacial score (nSPS) is 19.0. The number of nitrogens with zero attached hydrogens (tertiary/aromatic N) is 6. The van der Waals surface area contributed by atoms with Crippen molar-refractivity contribution in [3.05, 3.63) is 39.4 Å². The summed E-state index contributed by atoms with van der Waals surface area (Å²) in [6, 6.07) is 4.96. The van der Waals surface area contributed by atoms with Crippen LogP contribution in [0, 0.1) is 0 Å². The number of anilines is 1. The molecule has 0 radical (unpaired) electrons. The second kappa shape index (κ2) is 8.05. The average molecular weight is 477 g/mol. The Morgan fingerprint density at radius 3 is 2.67 bits per heavy atom. The number of halogens is 1. The maximum atomic E-state index is 11.5. The third-order valence-corrected chi connectivity index (χ3v) is 5.96. The molecule has 0 atom stereocenters. The summed E-state index contributed by atoms with van der Waals surface area (Å²) in [5.74, 6) is 0.793. The molecule has 1 amide bonds. The van der Waals surface area contributed by atoms with Crippen molar-refractivity contribution in [2.45, 2.75) is 37.8 Å². The lowest BCUT2D eigenvalue weighted by Crippen LogP contribution is -2.28. The lowest BCUT2D eigenvalue weighted by molar-refractivity contribution is 0.123. The molecule has 10 nitrogen and oxygen atoms in total. The zero-order valence-corrected chi connectivity index (χ0v) is 18.1. The molecule has 11 heteroatoms. The number of carboxylic acid groups (broad SMARTS) is 1. The van der Waals surface area contributed by atoms with Crippen LogP contribution in [0.2, 0.25) is 0 Å². The maximum Gasteiger partial charge on any atom is 0.412 e. The second-order valence-electron chi connectivity index (χ2n) is 7.32. The van der Waals surface area contributed by atoms with E-state index in [0.29, 0.717) is 16.3 Å². The van der Waals surface area contributed by atoms with Crippen LogP contribution >= 0.6 is 15.9 Å². The van der Waals surface area contributed by atoms with Crippen molar-refractivity contribution in [3.8, 4) is 5.88 Å². The molecule has 158 valence electrons. The summed E-state index contributed by atoms with van der Waals surface area (Å²) < 4.78 is 9.84. The Balaban J connectivity index is 1.51. The summed E-state index contributed by atoms with van der Waals surface area (Å²) in [5, 5.41) is 18.8. The van der Waals surface area contributed by atoms with Crippen LogP contribution in [0.15, 0.2) is 33.8 Å². The molecule has 3 aromatic heterocycles. The van der Waals surface area contributed by atoms with Crippen molar-refractivity contribution in [2.75, 3.05) is 11.9 Å². The van der Waals surface area contributed by atoms with Crippen LogP contribution in [0.25, 0.3) is 10.9 Å². The molecule has 1 aliphatic rings. The molecule has 1 aliphatic carbocycles. The van der Waals surface area contributed by atoms with Crippen molar-refractivity contribution in [3.63, 3.8) is 0 Å². The van der Waals surface area contributed by atoms with E-state index >= 15 is 0 Å². The molecular formula is C19H21BrN6O4. The molecule has 0 spiro atoms. The largest absolute Gasteiger partial charge is 0.473 e. The zero-order chi connectivity index (χ0) is 21.4. The number of hydrogen-bond donors (Lipinski definition) is 1. The summed E-state index contributed by atoms with van der Waals surface area (Å²) in [6.07, 6.45) is 3.93. The monoisotopic (exact) mass is 476 g/mol. The molecule has 30 heavy (non-hydrogen) atoms. The number of aryl methyl sites for hydroxylation is 1. The fourth-order valence-electron chi connectivity index (χ4n) is 3.67. The van der Waals surface area contributed by atoms with E-state index in [0.717, 1.165) is 41.5 Å². The highest BCUT2D eigenvalue weighted by molar-refractivity contribution is 9.10. The van der Waals surface area contributed by atoms with Gasteiger partial charge < -0.3 is 9.84 Å². The van der Waals surface area contributed by atoms with Gasteiger partial charge in [-0.2, -0.15) is 5.10 Å². The van der Waals surface area contributed by atoms with E-state index in [-0.39, 0.29) is 17.7 Å². The highest BCUT2D eigenvalue weighted by Crippen LogP contribution is 2.35. The van der Waals surface area contributed by atoms with Gasteiger partial charge in [0.05, 0.1) is 16.9 Å². The minimum Gasteiger partial charge on any atom is -0.473 e.